The summed E-state index contributed by atoms with van der Waals surface area (Å²) >= 11 is 0. The summed E-state index contributed by atoms with van der Waals surface area (Å²) in [5.41, 5.74) is -1.72. The van der Waals surface area contributed by atoms with Gasteiger partial charge in [-0.2, -0.15) is 10.4 Å². The molecule has 4 rings (SSSR count). The van der Waals surface area contributed by atoms with E-state index in [9.17, 15) is 14.9 Å². The van der Waals surface area contributed by atoms with Crippen molar-refractivity contribution in [2.24, 2.45) is 0 Å². The quantitative estimate of drug-likeness (QED) is 0.585. The lowest BCUT2D eigenvalue weighted by atomic mass is 10.3. The highest BCUT2D eigenvalue weighted by Crippen LogP contribution is 2.41. The first kappa shape index (κ1) is 14.9. The van der Waals surface area contributed by atoms with Crippen molar-refractivity contribution in [3.8, 4) is 11.9 Å². The predicted molar refractivity (Wildman–Crippen MR) is 83.8 cm³/mol. The van der Waals surface area contributed by atoms with Gasteiger partial charge in [-0.3, -0.25) is 14.2 Å². The van der Waals surface area contributed by atoms with Crippen LogP contribution < -0.4 is 11.1 Å². The lowest BCUT2D eigenvalue weighted by Crippen LogP contribution is -2.44. The van der Waals surface area contributed by atoms with E-state index in [0.717, 1.165) is 0 Å². The van der Waals surface area contributed by atoms with Crippen molar-refractivity contribution in [1.29, 1.82) is 5.26 Å². The van der Waals surface area contributed by atoms with E-state index in [1.807, 2.05) is 0 Å². The Morgan fingerprint density at radius 1 is 1.12 bits per heavy atom. The summed E-state index contributed by atoms with van der Waals surface area (Å²) in [5, 5.41) is 24.7. The molecule has 0 unspecified atom stereocenters. The van der Waals surface area contributed by atoms with Crippen molar-refractivity contribution in [2.45, 2.75) is 24.9 Å². The zero-order valence-electron chi connectivity index (χ0n) is 13.0. The molecule has 0 N–H and O–H groups in total. The molecule has 0 atom stereocenters. The van der Waals surface area contributed by atoms with Crippen LogP contribution >= 0.6 is 0 Å². The van der Waals surface area contributed by atoms with E-state index in [1.165, 1.54) is 32.4 Å². The molecule has 0 amide bonds. The monoisotopic (exact) mass is 336 g/mol. The maximum absolute atomic E-state index is 12.3. The van der Waals surface area contributed by atoms with Crippen LogP contribution in [0, 0.1) is 11.3 Å². The number of rotatable bonds is 4. The summed E-state index contributed by atoms with van der Waals surface area (Å²) < 4.78 is 3.94. The largest absolute Gasteiger partial charge is 0.317 e. The summed E-state index contributed by atoms with van der Waals surface area (Å²) in [6.07, 6.45) is 7.31. The van der Waals surface area contributed by atoms with Gasteiger partial charge in [0.05, 0.1) is 30.7 Å². The van der Waals surface area contributed by atoms with Crippen molar-refractivity contribution >= 4 is 0 Å². The van der Waals surface area contributed by atoms with Crippen LogP contribution in [0.2, 0.25) is 0 Å². The second-order valence-corrected chi connectivity index (χ2v) is 5.78. The number of nitriles is 1. The minimum absolute atomic E-state index is 0.110. The van der Waals surface area contributed by atoms with Crippen molar-refractivity contribution < 1.29 is 0 Å². The Kier molecular flexibility index (Phi) is 3.28. The van der Waals surface area contributed by atoms with Crippen LogP contribution in [-0.2, 0) is 12.1 Å². The molecule has 0 bridgehead atoms. The zero-order valence-corrected chi connectivity index (χ0v) is 13.0. The Balaban J connectivity index is 1.61. The van der Waals surface area contributed by atoms with Gasteiger partial charge in [0.15, 0.2) is 5.82 Å². The van der Waals surface area contributed by atoms with Gasteiger partial charge in [0.25, 0.3) is 0 Å². The Hall–Kier alpha value is -3.61. The summed E-state index contributed by atoms with van der Waals surface area (Å²) in [4.78, 5) is 24.5. The van der Waals surface area contributed by atoms with Gasteiger partial charge < -0.3 is 4.57 Å². The van der Waals surface area contributed by atoms with Crippen LogP contribution in [0.1, 0.15) is 18.5 Å². The van der Waals surface area contributed by atoms with E-state index in [4.69, 9.17) is 0 Å². The Morgan fingerprint density at radius 2 is 1.96 bits per heavy atom. The normalized spacial score (nSPS) is 14.8. The maximum atomic E-state index is 12.3. The standard InChI is InChI=1S/C15H12N8O2/c16-10-15(3-4-15)22-8-7-21(13(24)14(22)25)9-11-1-2-12(19-18-11)23-6-5-17-20-23/h1-2,5-8H,3-4,9H2. The van der Waals surface area contributed by atoms with E-state index in [0.29, 0.717) is 24.4 Å². The molecule has 124 valence electrons. The molecular formula is C15H12N8O2. The molecule has 10 heteroatoms. The third-order valence-corrected chi connectivity index (χ3v) is 4.15. The topological polar surface area (TPSA) is 124 Å². The average molecular weight is 336 g/mol. The van der Waals surface area contributed by atoms with Crippen LogP contribution in [0.4, 0.5) is 0 Å². The third kappa shape index (κ3) is 2.51. The first-order valence-electron chi connectivity index (χ1n) is 7.56. The summed E-state index contributed by atoms with van der Waals surface area (Å²) in [7, 11) is 0. The highest BCUT2D eigenvalue weighted by atomic mass is 16.2. The molecule has 0 aliphatic heterocycles. The SMILES string of the molecule is N#CC1(n2ccn(Cc3ccc(-n4ccnn4)nn3)c(=O)c2=O)CC1. The molecule has 1 aliphatic rings. The van der Waals surface area contributed by atoms with Gasteiger partial charge in [-0.25, -0.2) is 4.68 Å². The average Bonchev–Trinajstić information content (AvgIpc) is 3.23. The molecule has 0 spiro atoms. The van der Waals surface area contributed by atoms with Crippen LogP contribution in [-0.4, -0.2) is 34.3 Å². The first-order valence-corrected chi connectivity index (χ1v) is 7.56. The van der Waals surface area contributed by atoms with E-state index in [2.05, 4.69) is 26.6 Å². The summed E-state index contributed by atoms with van der Waals surface area (Å²) in [6, 6.07) is 5.49. The van der Waals surface area contributed by atoms with Crippen molar-refractivity contribution in [3.63, 3.8) is 0 Å². The lowest BCUT2D eigenvalue weighted by Gasteiger charge is -2.11. The number of hydrogen-bond acceptors (Lipinski definition) is 7. The number of aromatic nitrogens is 7. The van der Waals surface area contributed by atoms with Crippen LogP contribution in [0.5, 0.6) is 0 Å². The smallest absolute Gasteiger partial charge is 0.303 e. The first-order chi connectivity index (χ1) is 12.1. The van der Waals surface area contributed by atoms with Crippen LogP contribution in [0.15, 0.2) is 46.5 Å². The number of nitrogens with zero attached hydrogens (tertiary/aromatic N) is 8. The molecule has 1 saturated carbocycles. The molecule has 0 aromatic carbocycles. The summed E-state index contributed by atoms with van der Waals surface area (Å²) in [6.45, 7) is 0.110. The van der Waals surface area contributed by atoms with Crippen molar-refractivity contribution in [3.05, 3.63) is 63.3 Å². The second kappa shape index (κ2) is 5.48. The Labute approximate surface area is 140 Å². The van der Waals surface area contributed by atoms with Gasteiger partial charge in [0.1, 0.15) is 5.54 Å². The second-order valence-electron chi connectivity index (χ2n) is 5.78. The summed E-state index contributed by atoms with van der Waals surface area (Å²) in [5.74, 6) is 0.494. The highest BCUT2D eigenvalue weighted by Gasteiger charge is 2.46. The fraction of sp³-hybridized carbons (Fsp3) is 0.267. The molecule has 0 saturated heterocycles. The van der Waals surface area contributed by atoms with Crippen molar-refractivity contribution in [1.82, 2.24) is 34.3 Å². The van der Waals surface area contributed by atoms with Gasteiger partial charge in [-0.1, -0.05) is 5.21 Å². The van der Waals surface area contributed by atoms with E-state index < -0.39 is 16.7 Å². The molecule has 25 heavy (non-hydrogen) atoms. The Morgan fingerprint density at radius 3 is 2.56 bits per heavy atom. The van der Waals surface area contributed by atoms with Gasteiger partial charge >= 0.3 is 11.1 Å². The predicted octanol–water partition coefficient (Wildman–Crippen LogP) is -0.558. The van der Waals surface area contributed by atoms with E-state index in [1.54, 1.807) is 18.3 Å². The minimum Gasteiger partial charge on any atom is -0.303 e. The van der Waals surface area contributed by atoms with E-state index >= 15 is 0 Å². The van der Waals surface area contributed by atoms with Gasteiger partial charge in [0, 0.05) is 12.4 Å². The fourth-order valence-corrected chi connectivity index (χ4v) is 2.56. The molecule has 3 heterocycles. The number of hydrogen-bond donors (Lipinski definition) is 0. The van der Waals surface area contributed by atoms with Crippen LogP contribution in [0.25, 0.3) is 5.82 Å². The molecule has 1 fully saturated rings. The zero-order chi connectivity index (χ0) is 17.4. The van der Waals surface area contributed by atoms with Gasteiger partial charge in [-0.15, -0.1) is 10.2 Å². The maximum Gasteiger partial charge on any atom is 0.317 e. The van der Waals surface area contributed by atoms with Gasteiger partial charge in [-0.05, 0) is 25.0 Å². The van der Waals surface area contributed by atoms with Gasteiger partial charge in [0.2, 0.25) is 0 Å². The minimum atomic E-state index is -0.853. The molecule has 0 radical (unpaired) electrons. The van der Waals surface area contributed by atoms with Crippen molar-refractivity contribution in [2.75, 3.05) is 0 Å². The molecule has 3 aromatic rings. The molecule has 3 aromatic heterocycles. The molecule has 10 nitrogen and oxygen atoms in total. The van der Waals surface area contributed by atoms with Crippen LogP contribution in [0.3, 0.4) is 0 Å². The van der Waals surface area contributed by atoms with E-state index in [-0.39, 0.29) is 6.54 Å². The lowest BCUT2D eigenvalue weighted by molar-refractivity contribution is 0.555. The molecule has 1 aliphatic carbocycles. The fourth-order valence-electron chi connectivity index (χ4n) is 2.56. The third-order valence-electron chi connectivity index (χ3n) is 4.15. The molecular weight excluding hydrogens is 324 g/mol. The Bertz CT molecular complexity index is 1070. The highest BCUT2D eigenvalue weighted by molar-refractivity contribution is 5.20.